The van der Waals surface area contributed by atoms with Gasteiger partial charge in [0.2, 0.25) is 0 Å². The second kappa shape index (κ2) is 5.59. The fourth-order valence-electron chi connectivity index (χ4n) is 1.65. The molecule has 94 valence electrons. The molecule has 0 saturated heterocycles. The van der Waals surface area contributed by atoms with Gasteiger partial charge >= 0.3 is 0 Å². The molecule has 4 heteroatoms. The molecule has 0 spiro atoms. The van der Waals surface area contributed by atoms with Crippen LogP contribution in [-0.4, -0.2) is 5.91 Å². The third-order valence-electron chi connectivity index (χ3n) is 2.67. The molecule has 0 aliphatic rings. The van der Waals surface area contributed by atoms with Crippen LogP contribution in [0.15, 0.2) is 41.3 Å². The summed E-state index contributed by atoms with van der Waals surface area (Å²) in [4.78, 5) is 15.3. The number of hydrogen-bond donors (Lipinski definition) is 2. The normalized spacial score (nSPS) is 12.2. The summed E-state index contributed by atoms with van der Waals surface area (Å²) in [5.41, 5.74) is 0.660. The molecule has 1 atom stereocenters. The first kappa shape index (κ1) is 13.2. The van der Waals surface area contributed by atoms with Crippen molar-refractivity contribution in [2.75, 3.05) is 0 Å². The van der Waals surface area contributed by atoms with Crippen LogP contribution >= 0.6 is 24.0 Å². The Morgan fingerprint density at radius 1 is 1.22 bits per heavy atom. The summed E-state index contributed by atoms with van der Waals surface area (Å²) in [7, 11) is 0. The average Bonchev–Trinajstić information content (AvgIpc) is 2.76. The lowest BCUT2D eigenvalue weighted by Gasteiger charge is -2.12. The fraction of sp³-hybridized carbons (Fsp3) is 0.214. The van der Waals surface area contributed by atoms with Crippen LogP contribution in [0.25, 0.3) is 0 Å². The van der Waals surface area contributed by atoms with Crippen molar-refractivity contribution in [2.24, 2.45) is 0 Å². The maximum atomic E-state index is 12.0. The first-order valence-electron chi connectivity index (χ1n) is 5.72. The molecule has 1 amide bonds. The summed E-state index contributed by atoms with van der Waals surface area (Å²) in [6, 6.07) is 11.4. The van der Waals surface area contributed by atoms with E-state index in [-0.39, 0.29) is 11.9 Å². The molecular weight excluding hydrogens is 262 g/mol. The summed E-state index contributed by atoms with van der Waals surface area (Å²) in [5.74, 6) is -0.0538. The van der Waals surface area contributed by atoms with Gasteiger partial charge in [-0.2, -0.15) is 0 Å². The Hall–Kier alpha value is -1.26. The minimum atomic E-state index is -0.0538. The Labute approximate surface area is 116 Å². The van der Waals surface area contributed by atoms with Gasteiger partial charge in [0.15, 0.2) is 0 Å². The van der Waals surface area contributed by atoms with Crippen LogP contribution in [0.3, 0.4) is 0 Å². The van der Waals surface area contributed by atoms with Gasteiger partial charge in [-0.15, -0.1) is 24.0 Å². The van der Waals surface area contributed by atoms with Crippen LogP contribution in [0.1, 0.15) is 33.1 Å². The van der Waals surface area contributed by atoms with Crippen molar-refractivity contribution in [1.29, 1.82) is 0 Å². The monoisotopic (exact) mass is 277 g/mol. The van der Waals surface area contributed by atoms with Gasteiger partial charge in [-0.3, -0.25) is 4.79 Å². The van der Waals surface area contributed by atoms with E-state index in [0.29, 0.717) is 5.56 Å². The number of benzene rings is 1. The average molecular weight is 277 g/mol. The number of rotatable bonds is 3. The molecule has 0 aliphatic carbocycles. The molecule has 2 aromatic rings. The van der Waals surface area contributed by atoms with Crippen molar-refractivity contribution in [2.45, 2.75) is 24.8 Å². The zero-order valence-electron chi connectivity index (χ0n) is 10.3. The Kier molecular flexibility index (Phi) is 4.09. The van der Waals surface area contributed by atoms with E-state index in [1.54, 1.807) is 23.5 Å². The van der Waals surface area contributed by atoms with Gasteiger partial charge in [-0.05, 0) is 50.2 Å². The predicted molar refractivity (Wildman–Crippen MR) is 78.6 cm³/mol. The molecule has 2 rings (SSSR count). The fourth-order valence-corrected chi connectivity index (χ4v) is 2.68. The first-order chi connectivity index (χ1) is 8.56. The minimum Gasteiger partial charge on any atom is -0.345 e. The number of hydrogen-bond acceptors (Lipinski definition) is 3. The lowest BCUT2D eigenvalue weighted by molar-refractivity contribution is 0.0940. The lowest BCUT2D eigenvalue weighted by Crippen LogP contribution is -2.25. The number of thiophene rings is 1. The summed E-state index contributed by atoms with van der Waals surface area (Å²) < 4.78 is 0. The quantitative estimate of drug-likeness (QED) is 0.820. The van der Waals surface area contributed by atoms with Gasteiger partial charge in [-0.25, -0.2) is 0 Å². The van der Waals surface area contributed by atoms with Gasteiger partial charge in [0.25, 0.3) is 5.91 Å². The third kappa shape index (κ3) is 3.15. The van der Waals surface area contributed by atoms with E-state index in [1.165, 1.54) is 9.75 Å². The van der Waals surface area contributed by atoms with Crippen molar-refractivity contribution in [3.8, 4) is 0 Å². The molecule has 1 aromatic heterocycles. The van der Waals surface area contributed by atoms with E-state index in [1.807, 2.05) is 19.1 Å². The van der Waals surface area contributed by atoms with Gasteiger partial charge in [0, 0.05) is 20.2 Å². The number of aryl methyl sites for hydroxylation is 1. The molecule has 1 unspecified atom stereocenters. The van der Waals surface area contributed by atoms with Crippen molar-refractivity contribution < 1.29 is 4.79 Å². The zero-order chi connectivity index (χ0) is 13.1. The highest BCUT2D eigenvalue weighted by Gasteiger charge is 2.12. The van der Waals surface area contributed by atoms with Crippen molar-refractivity contribution in [1.82, 2.24) is 5.32 Å². The maximum absolute atomic E-state index is 12.0. The number of carbonyl (C=O) groups excluding carboxylic acids is 1. The largest absolute Gasteiger partial charge is 0.345 e. The predicted octanol–water partition coefficient (Wildman–Crippen LogP) is 3.84. The molecule has 2 nitrogen and oxygen atoms in total. The Bertz CT molecular complexity index is 545. The van der Waals surface area contributed by atoms with Crippen LogP contribution in [0.4, 0.5) is 0 Å². The highest BCUT2D eigenvalue weighted by molar-refractivity contribution is 7.80. The van der Waals surface area contributed by atoms with Crippen LogP contribution in [0.5, 0.6) is 0 Å². The highest BCUT2D eigenvalue weighted by Crippen LogP contribution is 2.22. The number of nitrogens with one attached hydrogen (secondary N) is 1. The molecule has 0 radical (unpaired) electrons. The summed E-state index contributed by atoms with van der Waals surface area (Å²) >= 11 is 5.91. The number of amides is 1. The molecule has 0 aliphatic heterocycles. The van der Waals surface area contributed by atoms with Gasteiger partial charge in [0.1, 0.15) is 0 Å². The van der Waals surface area contributed by atoms with Gasteiger partial charge in [-0.1, -0.05) is 0 Å². The van der Waals surface area contributed by atoms with Crippen molar-refractivity contribution in [3.05, 3.63) is 51.7 Å². The second-order valence-electron chi connectivity index (χ2n) is 4.19. The number of carbonyl (C=O) groups is 1. The smallest absolute Gasteiger partial charge is 0.251 e. The molecule has 1 heterocycles. The van der Waals surface area contributed by atoms with Crippen molar-refractivity contribution >= 4 is 29.9 Å². The standard InChI is InChI=1S/C14H15NOS2/c1-9-3-8-13(18-9)10(2)15-14(16)11-4-6-12(17)7-5-11/h3-8,10,17H,1-2H3,(H,15,16). The van der Waals surface area contributed by atoms with E-state index in [4.69, 9.17) is 0 Å². The maximum Gasteiger partial charge on any atom is 0.251 e. The van der Waals surface area contributed by atoms with Gasteiger partial charge < -0.3 is 5.32 Å². The van der Waals surface area contributed by atoms with E-state index in [9.17, 15) is 4.79 Å². The molecule has 1 aromatic carbocycles. The Morgan fingerprint density at radius 3 is 2.44 bits per heavy atom. The highest BCUT2D eigenvalue weighted by atomic mass is 32.1. The molecule has 0 bridgehead atoms. The molecule has 1 N–H and O–H groups in total. The van der Waals surface area contributed by atoms with Crippen LogP contribution < -0.4 is 5.32 Å². The molecular formula is C14H15NOS2. The zero-order valence-corrected chi connectivity index (χ0v) is 12.0. The molecule has 0 fully saturated rings. The molecule has 0 saturated carbocycles. The topological polar surface area (TPSA) is 29.1 Å². The lowest BCUT2D eigenvalue weighted by atomic mass is 10.2. The van der Waals surface area contributed by atoms with E-state index in [2.05, 4.69) is 37.0 Å². The Balaban J connectivity index is 2.05. The Morgan fingerprint density at radius 2 is 1.89 bits per heavy atom. The summed E-state index contributed by atoms with van der Waals surface area (Å²) in [5, 5.41) is 2.99. The first-order valence-corrected chi connectivity index (χ1v) is 6.99. The van der Waals surface area contributed by atoms with Crippen LogP contribution in [0.2, 0.25) is 0 Å². The third-order valence-corrected chi connectivity index (χ3v) is 4.15. The SMILES string of the molecule is Cc1ccc(C(C)NC(=O)c2ccc(S)cc2)s1. The minimum absolute atomic E-state index is 0.0341. The number of thiol groups is 1. The van der Waals surface area contributed by atoms with Crippen LogP contribution in [-0.2, 0) is 0 Å². The van der Waals surface area contributed by atoms with Crippen molar-refractivity contribution in [3.63, 3.8) is 0 Å². The van der Waals surface area contributed by atoms with Crippen LogP contribution in [0, 0.1) is 6.92 Å². The van der Waals surface area contributed by atoms with E-state index >= 15 is 0 Å². The second-order valence-corrected chi connectivity index (χ2v) is 6.03. The van der Waals surface area contributed by atoms with Gasteiger partial charge in [0.05, 0.1) is 6.04 Å². The summed E-state index contributed by atoms with van der Waals surface area (Å²) in [6.45, 7) is 4.06. The summed E-state index contributed by atoms with van der Waals surface area (Å²) in [6.07, 6.45) is 0. The molecule has 18 heavy (non-hydrogen) atoms. The van der Waals surface area contributed by atoms with E-state index in [0.717, 1.165) is 4.90 Å². The van der Waals surface area contributed by atoms with E-state index < -0.39 is 0 Å².